The van der Waals surface area contributed by atoms with Crippen molar-refractivity contribution < 1.29 is 28.5 Å². The molecule has 0 fully saturated rings. The van der Waals surface area contributed by atoms with Gasteiger partial charge in [-0.05, 0) is 35.9 Å². The van der Waals surface area contributed by atoms with Gasteiger partial charge in [-0.1, -0.05) is 12.1 Å². The molecule has 7 heteroatoms. The lowest BCUT2D eigenvalue weighted by Gasteiger charge is -2.11. The Hall–Kier alpha value is -3.48. The predicted octanol–water partition coefficient (Wildman–Crippen LogP) is 2.91. The summed E-state index contributed by atoms with van der Waals surface area (Å²) in [6, 6.07) is 12.1. The molecular formula is C20H21NO6. The molecule has 27 heavy (non-hydrogen) atoms. The van der Waals surface area contributed by atoms with Gasteiger partial charge in [0.25, 0.3) is 5.91 Å². The van der Waals surface area contributed by atoms with Crippen LogP contribution in [0, 0.1) is 0 Å². The van der Waals surface area contributed by atoms with Gasteiger partial charge in [-0.2, -0.15) is 0 Å². The van der Waals surface area contributed by atoms with Crippen LogP contribution in [0.1, 0.15) is 5.56 Å². The largest absolute Gasteiger partial charge is 0.497 e. The van der Waals surface area contributed by atoms with Crippen LogP contribution in [0.5, 0.6) is 17.2 Å². The van der Waals surface area contributed by atoms with E-state index in [9.17, 15) is 9.59 Å². The Labute approximate surface area is 157 Å². The van der Waals surface area contributed by atoms with Crippen LogP contribution in [0.2, 0.25) is 0 Å². The number of benzene rings is 2. The van der Waals surface area contributed by atoms with Gasteiger partial charge in [-0.25, -0.2) is 4.79 Å². The second-order valence-electron chi connectivity index (χ2n) is 5.33. The van der Waals surface area contributed by atoms with Gasteiger partial charge in [0.15, 0.2) is 6.61 Å². The van der Waals surface area contributed by atoms with Crippen LogP contribution in [0.3, 0.4) is 0 Å². The number of hydrogen-bond donors (Lipinski definition) is 1. The first-order chi connectivity index (χ1) is 13.0. The second-order valence-corrected chi connectivity index (χ2v) is 5.33. The number of methoxy groups -OCH3 is 3. The van der Waals surface area contributed by atoms with E-state index in [2.05, 4.69) is 5.32 Å². The van der Waals surface area contributed by atoms with Crippen molar-refractivity contribution in [3.63, 3.8) is 0 Å². The van der Waals surface area contributed by atoms with Crippen LogP contribution in [0.15, 0.2) is 48.5 Å². The zero-order chi connectivity index (χ0) is 19.6. The van der Waals surface area contributed by atoms with Gasteiger partial charge in [-0.15, -0.1) is 0 Å². The first-order valence-electron chi connectivity index (χ1n) is 8.06. The second kappa shape index (κ2) is 9.86. The van der Waals surface area contributed by atoms with Crippen molar-refractivity contribution in [3.05, 3.63) is 54.1 Å². The molecule has 0 atom stereocenters. The average molecular weight is 371 g/mol. The SMILES string of the molecule is COc1ccc(C=CC(=O)OCC(=O)Nc2cc(OC)ccc2OC)cc1. The topological polar surface area (TPSA) is 83.1 Å². The molecule has 0 aliphatic rings. The summed E-state index contributed by atoms with van der Waals surface area (Å²) >= 11 is 0. The van der Waals surface area contributed by atoms with Crippen LogP contribution in [0.4, 0.5) is 5.69 Å². The van der Waals surface area contributed by atoms with E-state index in [1.807, 2.05) is 0 Å². The highest BCUT2D eigenvalue weighted by atomic mass is 16.5. The third-order valence-corrected chi connectivity index (χ3v) is 3.55. The molecule has 0 heterocycles. The lowest BCUT2D eigenvalue weighted by molar-refractivity contribution is -0.142. The quantitative estimate of drug-likeness (QED) is 0.567. The number of esters is 1. The van der Waals surface area contributed by atoms with E-state index in [4.69, 9.17) is 18.9 Å². The fraction of sp³-hybridized carbons (Fsp3) is 0.200. The summed E-state index contributed by atoms with van der Waals surface area (Å²) in [6.45, 7) is -0.424. The standard InChI is InChI=1S/C20H21NO6/c1-24-15-7-4-14(5-8-15)6-11-20(23)27-13-19(22)21-17-12-16(25-2)9-10-18(17)26-3/h4-12H,13H2,1-3H3,(H,21,22). The van der Waals surface area contributed by atoms with Crippen LogP contribution < -0.4 is 19.5 Å². The molecule has 7 nitrogen and oxygen atoms in total. The highest BCUT2D eigenvalue weighted by Gasteiger charge is 2.10. The van der Waals surface area contributed by atoms with E-state index < -0.39 is 18.5 Å². The number of ether oxygens (including phenoxy) is 4. The van der Waals surface area contributed by atoms with Crippen LogP contribution >= 0.6 is 0 Å². The lowest BCUT2D eigenvalue weighted by Crippen LogP contribution is -2.20. The molecule has 0 bridgehead atoms. The van der Waals surface area contributed by atoms with E-state index in [0.717, 1.165) is 11.3 Å². The summed E-state index contributed by atoms with van der Waals surface area (Å²) in [4.78, 5) is 23.8. The Bertz CT molecular complexity index is 814. The van der Waals surface area contributed by atoms with Crippen molar-refractivity contribution in [1.29, 1.82) is 0 Å². The fourth-order valence-corrected chi connectivity index (χ4v) is 2.16. The molecule has 142 valence electrons. The smallest absolute Gasteiger partial charge is 0.331 e. The van der Waals surface area contributed by atoms with Crippen LogP contribution in [0.25, 0.3) is 6.08 Å². The summed E-state index contributed by atoms with van der Waals surface area (Å²) in [6.07, 6.45) is 2.84. The van der Waals surface area contributed by atoms with Crippen LogP contribution in [-0.2, 0) is 14.3 Å². The molecule has 2 rings (SSSR count). The number of rotatable bonds is 8. The number of nitrogens with one attached hydrogen (secondary N) is 1. The lowest BCUT2D eigenvalue weighted by atomic mass is 10.2. The van der Waals surface area contributed by atoms with Crippen molar-refractivity contribution in [3.8, 4) is 17.2 Å². The minimum Gasteiger partial charge on any atom is -0.497 e. The summed E-state index contributed by atoms with van der Waals surface area (Å²) < 4.78 is 20.3. The summed E-state index contributed by atoms with van der Waals surface area (Å²) in [5, 5.41) is 2.62. The molecule has 0 aliphatic heterocycles. The number of anilines is 1. The Morgan fingerprint density at radius 3 is 2.22 bits per heavy atom. The average Bonchev–Trinajstić information content (AvgIpc) is 2.71. The zero-order valence-corrected chi connectivity index (χ0v) is 15.4. The van der Waals surface area contributed by atoms with E-state index in [-0.39, 0.29) is 0 Å². The zero-order valence-electron chi connectivity index (χ0n) is 15.4. The molecule has 0 radical (unpaired) electrons. The summed E-state index contributed by atoms with van der Waals surface area (Å²) in [7, 11) is 4.58. The van der Waals surface area contributed by atoms with Gasteiger partial charge >= 0.3 is 5.97 Å². The summed E-state index contributed by atoms with van der Waals surface area (Å²) in [5.41, 5.74) is 1.23. The fourth-order valence-electron chi connectivity index (χ4n) is 2.16. The Morgan fingerprint density at radius 1 is 0.926 bits per heavy atom. The highest BCUT2D eigenvalue weighted by Crippen LogP contribution is 2.28. The van der Waals surface area contributed by atoms with Crippen molar-refractivity contribution in [2.45, 2.75) is 0 Å². The molecule has 0 spiro atoms. The van der Waals surface area contributed by atoms with Gasteiger partial charge in [0.05, 0.1) is 27.0 Å². The van der Waals surface area contributed by atoms with Gasteiger partial charge in [0, 0.05) is 12.1 Å². The van der Waals surface area contributed by atoms with E-state index in [1.165, 1.54) is 20.3 Å². The molecule has 2 aromatic carbocycles. The maximum Gasteiger partial charge on any atom is 0.331 e. The van der Waals surface area contributed by atoms with Crippen molar-refractivity contribution in [2.75, 3.05) is 33.3 Å². The van der Waals surface area contributed by atoms with Crippen molar-refractivity contribution in [2.24, 2.45) is 0 Å². The molecule has 2 aromatic rings. The van der Waals surface area contributed by atoms with Gasteiger partial charge in [0.2, 0.25) is 0 Å². The number of amides is 1. The molecule has 0 saturated carbocycles. The molecule has 0 aromatic heterocycles. The van der Waals surface area contributed by atoms with Crippen molar-refractivity contribution in [1.82, 2.24) is 0 Å². The first kappa shape index (κ1) is 19.8. The Morgan fingerprint density at radius 2 is 1.59 bits per heavy atom. The molecular weight excluding hydrogens is 350 g/mol. The Kier molecular flexibility index (Phi) is 7.25. The molecule has 0 saturated heterocycles. The van der Waals surface area contributed by atoms with Gasteiger partial charge in [-0.3, -0.25) is 4.79 Å². The van der Waals surface area contributed by atoms with Crippen molar-refractivity contribution >= 4 is 23.6 Å². The maximum absolute atomic E-state index is 12.0. The molecule has 0 aliphatic carbocycles. The Balaban J connectivity index is 1.87. The van der Waals surface area contributed by atoms with E-state index in [1.54, 1.807) is 55.7 Å². The van der Waals surface area contributed by atoms with Crippen LogP contribution in [-0.4, -0.2) is 39.8 Å². The molecule has 1 N–H and O–H groups in total. The number of hydrogen-bond acceptors (Lipinski definition) is 6. The third-order valence-electron chi connectivity index (χ3n) is 3.55. The van der Waals surface area contributed by atoms with Gasteiger partial charge in [0.1, 0.15) is 17.2 Å². The first-order valence-corrected chi connectivity index (χ1v) is 8.06. The monoisotopic (exact) mass is 371 g/mol. The van der Waals surface area contributed by atoms with Gasteiger partial charge < -0.3 is 24.3 Å². The predicted molar refractivity (Wildman–Crippen MR) is 101 cm³/mol. The summed E-state index contributed by atoms with van der Waals surface area (Å²) in [5.74, 6) is 0.631. The number of carbonyl (C=O) groups excluding carboxylic acids is 2. The molecule has 0 unspecified atom stereocenters. The van der Waals surface area contributed by atoms with E-state index in [0.29, 0.717) is 17.2 Å². The normalized spacial score (nSPS) is 10.3. The minimum absolute atomic E-state index is 0.423. The van der Waals surface area contributed by atoms with E-state index >= 15 is 0 Å². The minimum atomic E-state index is -0.626. The highest BCUT2D eigenvalue weighted by molar-refractivity contribution is 5.95. The maximum atomic E-state index is 12.0. The molecule has 1 amide bonds. The number of carbonyl (C=O) groups is 2. The third kappa shape index (κ3) is 6.07.